The molecule has 6 rings (SSSR count). The standard InChI is InChI=1S/C37H41F2N3O5Si/c1-48(2,3)19-18-44-25-42-36(43)34-30(20-26-10-6-4-7-11-26)35(28-14-17-32(47-37(38)39)33(21-28)46-29-15-16-29)41(31(34)22-40-42)24-45-23-27-12-8-5-9-13-27/h4-14,17,21-22,29,37H,15-16,18-20,23-25H2,1-3H3. The molecule has 48 heavy (non-hydrogen) atoms. The third-order valence-electron chi connectivity index (χ3n) is 8.19. The number of rotatable bonds is 16. The van der Waals surface area contributed by atoms with Gasteiger partial charge in [-0.3, -0.25) is 4.79 Å². The molecule has 1 saturated carbocycles. The molecule has 8 nitrogen and oxygen atoms in total. The van der Waals surface area contributed by atoms with E-state index in [-0.39, 0.29) is 36.6 Å². The predicted molar refractivity (Wildman–Crippen MR) is 184 cm³/mol. The van der Waals surface area contributed by atoms with Crippen molar-refractivity contribution >= 4 is 19.0 Å². The maximum atomic E-state index is 14.3. The van der Waals surface area contributed by atoms with E-state index < -0.39 is 14.7 Å². The van der Waals surface area contributed by atoms with Gasteiger partial charge in [-0.15, -0.1) is 0 Å². The van der Waals surface area contributed by atoms with Gasteiger partial charge >= 0.3 is 6.61 Å². The van der Waals surface area contributed by atoms with Gasteiger partial charge in [0.15, 0.2) is 11.5 Å². The smallest absolute Gasteiger partial charge is 0.387 e. The highest BCUT2D eigenvalue weighted by Gasteiger charge is 2.28. The zero-order valence-electron chi connectivity index (χ0n) is 27.5. The summed E-state index contributed by atoms with van der Waals surface area (Å²) < 4.78 is 53.1. The van der Waals surface area contributed by atoms with Crippen molar-refractivity contribution in [2.45, 2.75) is 77.7 Å². The number of ether oxygens (including phenoxy) is 4. The van der Waals surface area contributed by atoms with Crippen LogP contribution in [0.3, 0.4) is 0 Å². The molecule has 2 aromatic heterocycles. The van der Waals surface area contributed by atoms with Crippen molar-refractivity contribution in [3.8, 4) is 22.8 Å². The summed E-state index contributed by atoms with van der Waals surface area (Å²) in [7, 11) is -1.32. The van der Waals surface area contributed by atoms with Crippen molar-refractivity contribution in [3.05, 3.63) is 112 Å². The Hall–Kier alpha value is -4.32. The zero-order valence-corrected chi connectivity index (χ0v) is 28.5. The first-order valence-electron chi connectivity index (χ1n) is 16.3. The lowest BCUT2D eigenvalue weighted by Gasteiger charge is -2.17. The summed E-state index contributed by atoms with van der Waals surface area (Å²) in [6.45, 7) is 4.88. The number of nitrogens with zero attached hydrogens (tertiary/aromatic N) is 3. The Balaban J connectivity index is 1.49. The molecule has 5 aromatic rings. The lowest BCUT2D eigenvalue weighted by Crippen LogP contribution is -2.26. The van der Waals surface area contributed by atoms with E-state index in [1.165, 1.54) is 10.7 Å². The van der Waals surface area contributed by atoms with Crippen LogP contribution in [0.5, 0.6) is 11.5 Å². The molecule has 11 heteroatoms. The maximum absolute atomic E-state index is 14.3. The van der Waals surface area contributed by atoms with Crippen LogP contribution in [0.15, 0.2) is 89.9 Å². The largest absolute Gasteiger partial charge is 0.487 e. The highest BCUT2D eigenvalue weighted by Crippen LogP contribution is 2.41. The number of halogens is 2. The van der Waals surface area contributed by atoms with E-state index in [1.807, 2.05) is 65.2 Å². The van der Waals surface area contributed by atoms with E-state index in [2.05, 4.69) is 24.7 Å². The quantitative estimate of drug-likeness (QED) is 0.0779. The predicted octanol–water partition coefficient (Wildman–Crippen LogP) is 8.09. The third-order valence-corrected chi connectivity index (χ3v) is 9.89. The molecule has 1 aliphatic rings. The molecule has 0 amide bonds. The molecule has 0 N–H and O–H groups in total. The van der Waals surface area contributed by atoms with Crippen molar-refractivity contribution in [2.75, 3.05) is 6.61 Å². The molecule has 252 valence electrons. The van der Waals surface area contributed by atoms with Gasteiger partial charge in [0.25, 0.3) is 5.56 Å². The highest BCUT2D eigenvalue weighted by atomic mass is 28.3. The fraction of sp³-hybridized carbons (Fsp3) is 0.351. The molecule has 3 aromatic carbocycles. The molecule has 0 spiro atoms. The summed E-state index contributed by atoms with van der Waals surface area (Å²) in [6.07, 6.45) is 3.74. The van der Waals surface area contributed by atoms with Crippen LogP contribution in [-0.2, 0) is 36.0 Å². The molecule has 0 aliphatic heterocycles. The normalized spacial score (nSPS) is 13.4. The van der Waals surface area contributed by atoms with E-state index in [0.717, 1.165) is 35.6 Å². The molecule has 0 saturated heterocycles. The Morgan fingerprint density at radius 1 is 0.896 bits per heavy atom. The van der Waals surface area contributed by atoms with Crippen molar-refractivity contribution < 1.29 is 27.7 Å². The van der Waals surface area contributed by atoms with E-state index in [0.29, 0.717) is 41.8 Å². The summed E-state index contributed by atoms with van der Waals surface area (Å²) in [4.78, 5) is 14.3. The van der Waals surface area contributed by atoms with E-state index in [9.17, 15) is 13.6 Å². The van der Waals surface area contributed by atoms with Gasteiger partial charge in [0.2, 0.25) is 0 Å². The molecular weight excluding hydrogens is 633 g/mol. The van der Waals surface area contributed by atoms with Gasteiger partial charge in [0, 0.05) is 26.7 Å². The molecule has 2 heterocycles. The first kappa shape index (κ1) is 33.6. The van der Waals surface area contributed by atoms with Crippen LogP contribution in [0.2, 0.25) is 25.7 Å². The number of hydrogen-bond donors (Lipinski definition) is 0. The van der Waals surface area contributed by atoms with Crippen LogP contribution in [0.1, 0.15) is 29.5 Å². The topological polar surface area (TPSA) is 76.7 Å². The van der Waals surface area contributed by atoms with Crippen LogP contribution in [0.25, 0.3) is 22.2 Å². The minimum Gasteiger partial charge on any atom is -0.487 e. The maximum Gasteiger partial charge on any atom is 0.387 e. The highest BCUT2D eigenvalue weighted by molar-refractivity contribution is 6.76. The second-order valence-corrected chi connectivity index (χ2v) is 18.9. The third kappa shape index (κ3) is 8.39. The van der Waals surface area contributed by atoms with Crippen molar-refractivity contribution in [3.63, 3.8) is 0 Å². The summed E-state index contributed by atoms with van der Waals surface area (Å²) in [6, 6.07) is 25.6. The van der Waals surface area contributed by atoms with Gasteiger partial charge in [0.1, 0.15) is 13.5 Å². The van der Waals surface area contributed by atoms with Crippen LogP contribution < -0.4 is 15.0 Å². The Kier molecular flexibility index (Phi) is 10.4. The lowest BCUT2D eigenvalue weighted by molar-refractivity contribution is -0.0516. The molecule has 0 atom stereocenters. The van der Waals surface area contributed by atoms with E-state index in [4.69, 9.17) is 18.9 Å². The van der Waals surface area contributed by atoms with Crippen molar-refractivity contribution in [2.24, 2.45) is 0 Å². The second-order valence-electron chi connectivity index (χ2n) is 13.3. The summed E-state index contributed by atoms with van der Waals surface area (Å²) >= 11 is 0. The van der Waals surface area contributed by atoms with Crippen LogP contribution >= 0.6 is 0 Å². The number of fused-ring (bicyclic) bond motifs is 1. The molecular formula is C37H41F2N3O5Si. The van der Waals surface area contributed by atoms with Crippen LogP contribution in [0, 0.1) is 0 Å². The Morgan fingerprint density at radius 3 is 2.27 bits per heavy atom. The van der Waals surface area contributed by atoms with Crippen LogP contribution in [0.4, 0.5) is 8.78 Å². The monoisotopic (exact) mass is 673 g/mol. The molecule has 0 unspecified atom stereocenters. The number of hydrogen-bond acceptors (Lipinski definition) is 6. The first-order valence-corrected chi connectivity index (χ1v) is 20.0. The van der Waals surface area contributed by atoms with Crippen molar-refractivity contribution in [1.82, 2.24) is 14.3 Å². The Morgan fingerprint density at radius 2 is 1.60 bits per heavy atom. The van der Waals surface area contributed by atoms with Gasteiger partial charge in [-0.05, 0) is 53.8 Å². The first-order chi connectivity index (χ1) is 23.2. The van der Waals surface area contributed by atoms with Gasteiger partial charge in [-0.1, -0.05) is 80.3 Å². The number of aromatic nitrogens is 3. The molecule has 1 aliphatic carbocycles. The zero-order chi connectivity index (χ0) is 33.7. The Labute approximate surface area is 279 Å². The van der Waals surface area contributed by atoms with E-state index in [1.54, 1.807) is 18.3 Å². The van der Waals surface area contributed by atoms with Gasteiger partial charge in [0.05, 0.1) is 35.5 Å². The average molecular weight is 674 g/mol. The lowest BCUT2D eigenvalue weighted by atomic mass is 9.99. The second kappa shape index (κ2) is 14.8. The SMILES string of the molecule is C[Si](C)(C)CCOCn1ncc2c(c(Cc3ccccc3)c(-c3ccc(OC(F)F)c(OC4CC4)c3)n2COCc2ccccc2)c1=O. The summed E-state index contributed by atoms with van der Waals surface area (Å²) in [5.74, 6) is 0.196. The number of alkyl halides is 2. The van der Waals surface area contributed by atoms with Crippen LogP contribution in [-0.4, -0.2) is 41.7 Å². The van der Waals surface area contributed by atoms with Crippen molar-refractivity contribution in [1.29, 1.82) is 0 Å². The molecule has 1 fully saturated rings. The molecule has 0 bridgehead atoms. The minimum absolute atomic E-state index is 0.0345. The van der Waals surface area contributed by atoms with Gasteiger partial charge in [-0.25, -0.2) is 4.68 Å². The number of benzene rings is 3. The average Bonchev–Trinajstić information content (AvgIpc) is 3.82. The fourth-order valence-corrected chi connectivity index (χ4v) is 6.32. The minimum atomic E-state index is -3.00. The summed E-state index contributed by atoms with van der Waals surface area (Å²) in [5.41, 5.74) is 4.49. The van der Waals surface area contributed by atoms with Gasteiger partial charge < -0.3 is 23.5 Å². The van der Waals surface area contributed by atoms with E-state index >= 15 is 0 Å². The Bertz CT molecular complexity index is 1890. The fourth-order valence-electron chi connectivity index (χ4n) is 5.56. The van der Waals surface area contributed by atoms with Gasteiger partial charge in [-0.2, -0.15) is 13.9 Å². The summed E-state index contributed by atoms with van der Waals surface area (Å²) in [5, 5.41) is 5.02. The molecule has 0 radical (unpaired) electrons.